The van der Waals surface area contributed by atoms with E-state index in [9.17, 15) is 14.9 Å². The highest BCUT2D eigenvalue weighted by Gasteiger charge is 2.17. The number of carbonyl (C=O) groups is 1. The van der Waals surface area contributed by atoms with Crippen LogP contribution in [0, 0.1) is 10.1 Å². The quantitative estimate of drug-likeness (QED) is 0.461. The van der Waals surface area contributed by atoms with Gasteiger partial charge in [-0.15, -0.1) is 0 Å². The number of anilines is 1. The van der Waals surface area contributed by atoms with E-state index in [4.69, 9.17) is 10.5 Å². The molecule has 21 heavy (non-hydrogen) atoms. The first-order chi connectivity index (χ1) is 10.1. The number of nitrogens with two attached hydrogens (primary N) is 1. The van der Waals surface area contributed by atoms with Gasteiger partial charge in [-0.25, -0.2) is 0 Å². The Bertz CT molecular complexity index is 529. The van der Waals surface area contributed by atoms with Crippen LogP contribution >= 0.6 is 0 Å². The van der Waals surface area contributed by atoms with E-state index in [2.05, 4.69) is 5.32 Å². The number of nitro benzene ring substituents is 1. The van der Waals surface area contributed by atoms with Crippen LogP contribution in [0.5, 0.6) is 0 Å². The van der Waals surface area contributed by atoms with Gasteiger partial charge in [0.25, 0.3) is 5.69 Å². The van der Waals surface area contributed by atoms with E-state index in [0.29, 0.717) is 12.2 Å². The monoisotopic (exact) mass is 295 g/mol. The fourth-order valence-corrected chi connectivity index (χ4v) is 2.27. The van der Waals surface area contributed by atoms with E-state index < -0.39 is 10.8 Å². The summed E-state index contributed by atoms with van der Waals surface area (Å²) in [4.78, 5) is 23.0. The third-order valence-electron chi connectivity index (χ3n) is 3.47. The van der Waals surface area contributed by atoms with Crippen LogP contribution < -0.4 is 16.0 Å². The lowest BCUT2D eigenvalue weighted by Crippen LogP contribution is -3.14. The van der Waals surface area contributed by atoms with Crippen molar-refractivity contribution >= 4 is 17.3 Å². The number of nitrogens with zero attached hydrogens (tertiary/aromatic N) is 1. The Labute approximate surface area is 122 Å². The Morgan fingerprint density at radius 1 is 1.43 bits per heavy atom. The summed E-state index contributed by atoms with van der Waals surface area (Å²) >= 11 is 0. The zero-order valence-corrected chi connectivity index (χ0v) is 11.6. The molecule has 1 aromatic rings. The molecule has 1 aliphatic rings. The Morgan fingerprint density at radius 3 is 2.76 bits per heavy atom. The molecule has 8 nitrogen and oxygen atoms in total. The lowest BCUT2D eigenvalue weighted by molar-refractivity contribution is -0.906. The van der Waals surface area contributed by atoms with E-state index in [1.807, 2.05) is 0 Å². The fourth-order valence-electron chi connectivity index (χ4n) is 2.27. The van der Waals surface area contributed by atoms with Crippen molar-refractivity contribution in [3.8, 4) is 0 Å². The largest absolute Gasteiger partial charge is 0.374 e. The summed E-state index contributed by atoms with van der Waals surface area (Å²) in [6.07, 6.45) is 0. The number of amides is 1. The summed E-state index contributed by atoms with van der Waals surface area (Å²) in [5.41, 5.74) is 5.53. The number of primary amides is 1. The molecule has 1 aliphatic heterocycles. The fraction of sp³-hybridized carbons (Fsp3) is 0.462. The second-order valence-corrected chi connectivity index (χ2v) is 4.89. The minimum Gasteiger partial charge on any atom is -0.374 e. The van der Waals surface area contributed by atoms with E-state index in [1.165, 1.54) is 23.1 Å². The first-order valence-electron chi connectivity index (χ1n) is 6.81. The number of quaternary nitrogens is 1. The molecule has 0 unspecified atom stereocenters. The highest BCUT2D eigenvalue weighted by molar-refractivity contribution is 5.94. The number of benzene rings is 1. The van der Waals surface area contributed by atoms with Crippen molar-refractivity contribution in [1.82, 2.24) is 0 Å². The molecule has 1 saturated heterocycles. The summed E-state index contributed by atoms with van der Waals surface area (Å²) in [7, 11) is 0. The van der Waals surface area contributed by atoms with E-state index in [1.54, 1.807) is 0 Å². The van der Waals surface area contributed by atoms with Crippen LogP contribution in [0.3, 0.4) is 0 Å². The standard InChI is InChI=1S/C13H18N4O4/c14-13(18)10-1-2-11(12(9-10)17(19)20)15-3-4-16-5-7-21-8-6-16/h1-2,9,15H,3-8H2,(H2,14,18)/p+1. The number of nitro groups is 1. The van der Waals surface area contributed by atoms with E-state index >= 15 is 0 Å². The maximum Gasteiger partial charge on any atom is 0.293 e. The number of morpholine rings is 1. The van der Waals surface area contributed by atoms with Crippen LogP contribution in [0.15, 0.2) is 18.2 Å². The summed E-state index contributed by atoms with van der Waals surface area (Å²) in [6.45, 7) is 4.88. The van der Waals surface area contributed by atoms with Gasteiger partial charge in [-0.2, -0.15) is 0 Å². The van der Waals surface area contributed by atoms with Gasteiger partial charge < -0.3 is 20.7 Å². The number of ether oxygens (including phenoxy) is 1. The van der Waals surface area contributed by atoms with Crippen LogP contribution in [-0.2, 0) is 4.74 Å². The summed E-state index contributed by atoms with van der Waals surface area (Å²) in [5, 5.41) is 14.1. The van der Waals surface area contributed by atoms with Gasteiger partial charge in [0.1, 0.15) is 18.8 Å². The van der Waals surface area contributed by atoms with Crippen molar-refractivity contribution in [3.05, 3.63) is 33.9 Å². The molecule has 1 amide bonds. The van der Waals surface area contributed by atoms with Gasteiger partial charge in [0.2, 0.25) is 5.91 Å². The van der Waals surface area contributed by atoms with Gasteiger partial charge in [-0.1, -0.05) is 0 Å². The second-order valence-electron chi connectivity index (χ2n) is 4.89. The average Bonchev–Trinajstić information content (AvgIpc) is 2.48. The molecule has 2 rings (SSSR count). The number of carbonyl (C=O) groups excluding carboxylic acids is 1. The molecule has 0 aliphatic carbocycles. The van der Waals surface area contributed by atoms with Crippen LogP contribution in [0.25, 0.3) is 0 Å². The van der Waals surface area contributed by atoms with E-state index in [0.717, 1.165) is 32.8 Å². The molecule has 0 aromatic heterocycles. The van der Waals surface area contributed by atoms with Crippen LogP contribution in [-0.4, -0.2) is 50.2 Å². The predicted molar refractivity (Wildman–Crippen MR) is 76.5 cm³/mol. The zero-order valence-electron chi connectivity index (χ0n) is 11.6. The van der Waals surface area contributed by atoms with Crippen molar-refractivity contribution in [3.63, 3.8) is 0 Å². The molecule has 1 heterocycles. The molecule has 1 fully saturated rings. The van der Waals surface area contributed by atoms with Crippen molar-refractivity contribution in [1.29, 1.82) is 0 Å². The minimum atomic E-state index is -0.678. The van der Waals surface area contributed by atoms with E-state index in [-0.39, 0.29) is 11.3 Å². The Balaban J connectivity index is 1.98. The van der Waals surface area contributed by atoms with Crippen molar-refractivity contribution in [2.45, 2.75) is 0 Å². The molecule has 0 saturated carbocycles. The van der Waals surface area contributed by atoms with Gasteiger partial charge in [0.05, 0.1) is 31.2 Å². The summed E-state index contributed by atoms with van der Waals surface area (Å²) < 4.78 is 5.28. The average molecular weight is 295 g/mol. The van der Waals surface area contributed by atoms with Crippen LogP contribution in [0.4, 0.5) is 11.4 Å². The van der Waals surface area contributed by atoms with Gasteiger partial charge in [0, 0.05) is 11.6 Å². The highest BCUT2D eigenvalue weighted by atomic mass is 16.6. The first-order valence-corrected chi connectivity index (χ1v) is 6.81. The van der Waals surface area contributed by atoms with Crippen LogP contribution in [0.2, 0.25) is 0 Å². The molecule has 0 bridgehead atoms. The van der Waals surface area contributed by atoms with Crippen molar-refractivity contribution in [2.75, 3.05) is 44.7 Å². The topological polar surface area (TPSA) is 112 Å². The summed E-state index contributed by atoms with van der Waals surface area (Å²) in [5.74, 6) is -0.678. The maximum absolute atomic E-state index is 11.1. The number of hydrogen-bond acceptors (Lipinski definition) is 5. The molecule has 0 radical (unpaired) electrons. The zero-order chi connectivity index (χ0) is 15.2. The maximum atomic E-state index is 11.1. The molecular formula is C13H19N4O4+. The minimum absolute atomic E-state index is 0.131. The SMILES string of the molecule is NC(=O)c1ccc(NCC[NH+]2CCOCC2)c([N+](=O)[O-])c1. The molecule has 1 aromatic carbocycles. The molecule has 4 N–H and O–H groups in total. The molecule has 8 heteroatoms. The Kier molecular flexibility index (Phi) is 5.07. The van der Waals surface area contributed by atoms with Crippen molar-refractivity contribution < 1.29 is 19.4 Å². The normalized spacial score (nSPS) is 15.6. The Hall–Kier alpha value is -2.19. The number of hydrogen-bond donors (Lipinski definition) is 3. The lowest BCUT2D eigenvalue weighted by atomic mass is 10.1. The molecule has 114 valence electrons. The highest BCUT2D eigenvalue weighted by Crippen LogP contribution is 2.25. The third kappa shape index (κ3) is 4.14. The lowest BCUT2D eigenvalue weighted by Gasteiger charge is -2.23. The second kappa shape index (κ2) is 7.00. The predicted octanol–water partition coefficient (Wildman–Crippen LogP) is -0.979. The molecule has 0 spiro atoms. The van der Waals surface area contributed by atoms with Gasteiger partial charge in [-0.05, 0) is 12.1 Å². The van der Waals surface area contributed by atoms with Crippen molar-refractivity contribution in [2.24, 2.45) is 5.73 Å². The summed E-state index contributed by atoms with van der Waals surface area (Å²) in [6, 6.07) is 4.21. The third-order valence-corrected chi connectivity index (χ3v) is 3.47. The smallest absolute Gasteiger partial charge is 0.293 e. The van der Waals surface area contributed by atoms with Gasteiger partial charge in [-0.3, -0.25) is 14.9 Å². The number of rotatable bonds is 6. The van der Waals surface area contributed by atoms with Crippen LogP contribution in [0.1, 0.15) is 10.4 Å². The Morgan fingerprint density at radius 2 is 2.14 bits per heavy atom. The van der Waals surface area contributed by atoms with Gasteiger partial charge in [0.15, 0.2) is 0 Å². The molecule has 0 atom stereocenters. The first kappa shape index (κ1) is 15.2. The number of nitrogens with one attached hydrogen (secondary N) is 2. The van der Waals surface area contributed by atoms with Gasteiger partial charge >= 0.3 is 0 Å². The molecular weight excluding hydrogens is 276 g/mol.